The van der Waals surface area contributed by atoms with E-state index >= 15 is 0 Å². The molecule has 2 atom stereocenters. The van der Waals surface area contributed by atoms with Gasteiger partial charge in [0.15, 0.2) is 0 Å². The summed E-state index contributed by atoms with van der Waals surface area (Å²) in [5.74, 6) is 1.96. The van der Waals surface area contributed by atoms with E-state index in [0.29, 0.717) is 11.8 Å². The van der Waals surface area contributed by atoms with Crippen LogP contribution in [0.4, 0.5) is 0 Å². The summed E-state index contributed by atoms with van der Waals surface area (Å²) in [6, 6.07) is 14.0. The summed E-state index contributed by atoms with van der Waals surface area (Å²) < 4.78 is 7.21. The first-order chi connectivity index (χ1) is 11.2. The van der Waals surface area contributed by atoms with Crippen LogP contribution in [0.5, 0.6) is 5.75 Å². The number of hydrogen-bond acceptors (Lipinski definition) is 3. The standard InChI is InChI=1S/C19H22N2O2/c1-23-17-7-5-14(6-8-17)10-20-11-15-9-16(13-20)18-3-2-4-19(22)21(18)12-15/h2-8,15-16H,9-13H2,1H3/t15-,16+/m1/s1. The Bertz CT molecular complexity index is 751. The fourth-order valence-electron chi connectivity index (χ4n) is 4.11. The third-order valence-corrected chi connectivity index (χ3v) is 5.12. The van der Waals surface area contributed by atoms with Crippen LogP contribution in [-0.2, 0) is 13.1 Å². The molecule has 1 saturated heterocycles. The summed E-state index contributed by atoms with van der Waals surface area (Å²) in [5.41, 5.74) is 2.69. The van der Waals surface area contributed by atoms with Crippen molar-refractivity contribution >= 4 is 0 Å². The lowest BCUT2D eigenvalue weighted by molar-refractivity contribution is 0.114. The number of nitrogens with zero attached hydrogens (tertiary/aromatic N) is 2. The lowest BCUT2D eigenvalue weighted by atomic mass is 9.83. The van der Waals surface area contributed by atoms with Gasteiger partial charge < -0.3 is 9.30 Å². The second-order valence-corrected chi connectivity index (χ2v) is 6.74. The second-order valence-electron chi connectivity index (χ2n) is 6.74. The highest BCUT2D eigenvalue weighted by Crippen LogP contribution is 2.35. The molecule has 2 aromatic rings. The van der Waals surface area contributed by atoms with Crippen LogP contribution in [0.3, 0.4) is 0 Å². The molecule has 1 fully saturated rings. The lowest BCUT2D eigenvalue weighted by Crippen LogP contribution is -2.46. The van der Waals surface area contributed by atoms with Crippen molar-refractivity contribution in [3.8, 4) is 5.75 Å². The maximum absolute atomic E-state index is 12.1. The molecule has 0 unspecified atom stereocenters. The Labute approximate surface area is 136 Å². The molecule has 23 heavy (non-hydrogen) atoms. The number of rotatable bonds is 3. The topological polar surface area (TPSA) is 34.5 Å². The zero-order chi connectivity index (χ0) is 15.8. The number of fused-ring (bicyclic) bond motifs is 4. The second kappa shape index (κ2) is 5.85. The van der Waals surface area contributed by atoms with Crippen LogP contribution < -0.4 is 10.3 Å². The van der Waals surface area contributed by atoms with Gasteiger partial charge in [0, 0.05) is 43.9 Å². The first-order valence-corrected chi connectivity index (χ1v) is 8.28. The zero-order valence-electron chi connectivity index (χ0n) is 13.4. The molecule has 0 saturated carbocycles. The van der Waals surface area contributed by atoms with E-state index in [0.717, 1.165) is 31.9 Å². The molecule has 0 spiro atoms. The van der Waals surface area contributed by atoms with E-state index in [9.17, 15) is 4.79 Å². The minimum atomic E-state index is 0.154. The highest BCUT2D eigenvalue weighted by Gasteiger charge is 2.34. The van der Waals surface area contributed by atoms with Gasteiger partial charge in [-0.1, -0.05) is 18.2 Å². The zero-order valence-corrected chi connectivity index (χ0v) is 13.4. The van der Waals surface area contributed by atoms with Crippen LogP contribution in [0, 0.1) is 5.92 Å². The Morgan fingerprint density at radius 2 is 1.91 bits per heavy atom. The van der Waals surface area contributed by atoms with Crippen molar-refractivity contribution in [2.75, 3.05) is 20.2 Å². The minimum absolute atomic E-state index is 0.154. The molecule has 3 heterocycles. The average molecular weight is 310 g/mol. The molecule has 2 bridgehead atoms. The molecule has 0 radical (unpaired) electrons. The fraction of sp³-hybridized carbons (Fsp3) is 0.421. The predicted molar refractivity (Wildman–Crippen MR) is 89.8 cm³/mol. The predicted octanol–water partition coefficient (Wildman–Crippen LogP) is 2.48. The summed E-state index contributed by atoms with van der Waals surface area (Å²) in [6.45, 7) is 3.94. The van der Waals surface area contributed by atoms with Crippen LogP contribution in [0.25, 0.3) is 0 Å². The fourth-order valence-corrected chi connectivity index (χ4v) is 4.11. The first-order valence-electron chi connectivity index (χ1n) is 8.28. The molecule has 4 heteroatoms. The molecule has 2 aliphatic heterocycles. The summed E-state index contributed by atoms with van der Waals surface area (Å²) in [6.07, 6.45) is 1.21. The van der Waals surface area contributed by atoms with Gasteiger partial charge in [0.05, 0.1) is 7.11 Å². The lowest BCUT2D eigenvalue weighted by Gasteiger charge is -2.42. The van der Waals surface area contributed by atoms with Crippen molar-refractivity contribution in [1.82, 2.24) is 9.47 Å². The Kier molecular flexibility index (Phi) is 3.69. The summed E-state index contributed by atoms with van der Waals surface area (Å²) >= 11 is 0. The number of likely N-dealkylation sites (tertiary alicyclic amines) is 1. The third kappa shape index (κ3) is 2.79. The number of methoxy groups -OCH3 is 1. The smallest absolute Gasteiger partial charge is 0.250 e. The van der Waals surface area contributed by atoms with Crippen LogP contribution >= 0.6 is 0 Å². The maximum Gasteiger partial charge on any atom is 0.250 e. The van der Waals surface area contributed by atoms with Gasteiger partial charge in [-0.15, -0.1) is 0 Å². The Balaban J connectivity index is 1.52. The van der Waals surface area contributed by atoms with E-state index in [2.05, 4.69) is 23.1 Å². The van der Waals surface area contributed by atoms with Gasteiger partial charge in [-0.25, -0.2) is 0 Å². The van der Waals surface area contributed by atoms with Crippen molar-refractivity contribution in [1.29, 1.82) is 0 Å². The molecule has 0 amide bonds. The number of pyridine rings is 1. The Morgan fingerprint density at radius 3 is 2.70 bits per heavy atom. The van der Waals surface area contributed by atoms with E-state index in [1.807, 2.05) is 22.8 Å². The number of aromatic nitrogens is 1. The molecule has 4 rings (SSSR count). The average Bonchev–Trinajstić information content (AvgIpc) is 2.57. The first kappa shape index (κ1) is 14.5. The molecular weight excluding hydrogens is 288 g/mol. The SMILES string of the molecule is COc1ccc(CN2C[C@H]3C[C@@H](C2)c2cccc(=O)n2C3)cc1. The molecule has 2 aliphatic rings. The molecule has 4 nitrogen and oxygen atoms in total. The van der Waals surface area contributed by atoms with Crippen LogP contribution in [0.15, 0.2) is 47.3 Å². The highest BCUT2D eigenvalue weighted by atomic mass is 16.5. The van der Waals surface area contributed by atoms with Gasteiger partial charge in [0.1, 0.15) is 5.75 Å². The van der Waals surface area contributed by atoms with E-state index in [-0.39, 0.29) is 5.56 Å². The number of benzene rings is 1. The van der Waals surface area contributed by atoms with Gasteiger partial charge in [0.2, 0.25) is 0 Å². The van der Waals surface area contributed by atoms with Gasteiger partial charge in [0.25, 0.3) is 5.56 Å². The van der Waals surface area contributed by atoms with Crippen LogP contribution in [0.2, 0.25) is 0 Å². The Hall–Kier alpha value is -2.07. The minimum Gasteiger partial charge on any atom is -0.497 e. The highest BCUT2D eigenvalue weighted by molar-refractivity contribution is 5.27. The van der Waals surface area contributed by atoms with Crippen molar-refractivity contribution in [2.45, 2.75) is 25.4 Å². The van der Waals surface area contributed by atoms with E-state index in [4.69, 9.17) is 4.74 Å². The molecule has 0 N–H and O–H groups in total. The molecular formula is C19H22N2O2. The number of hydrogen-bond donors (Lipinski definition) is 0. The van der Waals surface area contributed by atoms with E-state index in [1.165, 1.54) is 17.7 Å². The molecule has 1 aromatic carbocycles. The summed E-state index contributed by atoms with van der Waals surface area (Å²) in [4.78, 5) is 14.6. The van der Waals surface area contributed by atoms with Crippen molar-refractivity contribution in [3.05, 3.63) is 64.1 Å². The number of ether oxygens (including phenoxy) is 1. The summed E-state index contributed by atoms with van der Waals surface area (Å²) in [7, 11) is 1.69. The van der Waals surface area contributed by atoms with Crippen molar-refractivity contribution in [2.24, 2.45) is 5.92 Å². The monoisotopic (exact) mass is 310 g/mol. The van der Waals surface area contributed by atoms with Gasteiger partial charge in [-0.05, 0) is 36.1 Å². The molecule has 0 aliphatic carbocycles. The quantitative estimate of drug-likeness (QED) is 0.873. The van der Waals surface area contributed by atoms with Crippen molar-refractivity contribution < 1.29 is 4.74 Å². The van der Waals surface area contributed by atoms with Crippen LogP contribution in [-0.4, -0.2) is 29.7 Å². The third-order valence-electron chi connectivity index (χ3n) is 5.12. The normalized spacial score (nSPS) is 23.3. The summed E-state index contributed by atoms with van der Waals surface area (Å²) in [5, 5.41) is 0. The number of piperidine rings is 1. The van der Waals surface area contributed by atoms with Gasteiger partial charge >= 0.3 is 0 Å². The maximum atomic E-state index is 12.1. The van der Waals surface area contributed by atoms with Crippen molar-refractivity contribution in [3.63, 3.8) is 0 Å². The molecule has 1 aromatic heterocycles. The van der Waals surface area contributed by atoms with E-state index < -0.39 is 0 Å². The van der Waals surface area contributed by atoms with E-state index in [1.54, 1.807) is 13.2 Å². The van der Waals surface area contributed by atoms with Gasteiger partial charge in [-0.2, -0.15) is 0 Å². The molecule has 120 valence electrons. The van der Waals surface area contributed by atoms with Gasteiger partial charge in [-0.3, -0.25) is 9.69 Å². The Morgan fingerprint density at radius 1 is 1.09 bits per heavy atom. The van der Waals surface area contributed by atoms with Crippen LogP contribution in [0.1, 0.15) is 23.6 Å². The largest absolute Gasteiger partial charge is 0.497 e.